The van der Waals surface area contributed by atoms with Crippen molar-refractivity contribution in [2.75, 3.05) is 18.4 Å². The van der Waals surface area contributed by atoms with Crippen molar-refractivity contribution in [3.8, 4) is 0 Å². The van der Waals surface area contributed by atoms with E-state index in [1.54, 1.807) is 35.0 Å². The lowest BCUT2D eigenvalue weighted by molar-refractivity contribution is -0.425. The van der Waals surface area contributed by atoms with Crippen LogP contribution in [0.1, 0.15) is 10.4 Å². The highest BCUT2D eigenvalue weighted by Crippen LogP contribution is 2.28. The number of allylic oxidation sites excluding steroid dienone is 1. The normalized spacial score (nSPS) is 18.2. The number of thiophene rings is 1. The Hall–Kier alpha value is -2.42. The molecule has 2 aromatic rings. The van der Waals surface area contributed by atoms with Gasteiger partial charge in [0.05, 0.1) is 0 Å². The summed E-state index contributed by atoms with van der Waals surface area (Å²) in [5.74, 6) is -0.582. The predicted octanol–water partition coefficient (Wildman–Crippen LogP) is 3.94. The van der Waals surface area contributed by atoms with Crippen molar-refractivity contribution < 1.29 is 19.0 Å². The maximum absolute atomic E-state index is 13.1. The number of nitrogens with one attached hydrogen (secondary N) is 1. The highest BCUT2D eigenvalue weighted by molar-refractivity contribution is 8.04. The van der Waals surface area contributed by atoms with E-state index in [4.69, 9.17) is 11.6 Å². The van der Waals surface area contributed by atoms with Gasteiger partial charge in [0.2, 0.25) is 0 Å². The standard InChI is InChI=1S/C21H18ClN3O3S2/c1-13-4-5-14(22)11-16(13)23-18(26)12-25-17-7-10-30-19(17)20(27)24(21(25)28)8-6-15-3-2-9-29-15/h2-5,7,9-11,19H,6,8,12H2,1H3/p+1. The monoisotopic (exact) mass is 460 g/mol. The molecule has 3 heterocycles. The first-order chi connectivity index (χ1) is 14.4. The Kier molecular flexibility index (Phi) is 6.08. The van der Waals surface area contributed by atoms with Gasteiger partial charge in [0.15, 0.2) is 11.8 Å². The van der Waals surface area contributed by atoms with Crippen molar-refractivity contribution in [3.05, 3.63) is 62.7 Å². The first kappa shape index (κ1) is 20.8. The number of hydrogen-bond acceptors (Lipinski definition) is 5. The summed E-state index contributed by atoms with van der Waals surface area (Å²) in [7, 11) is 0. The molecule has 0 saturated carbocycles. The van der Waals surface area contributed by atoms with Gasteiger partial charge in [-0.05, 0) is 47.6 Å². The quantitative estimate of drug-likeness (QED) is 0.663. The summed E-state index contributed by atoms with van der Waals surface area (Å²) in [6, 6.07) is 8.69. The van der Waals surface area contributed by atoms with Gasteiger partial charge in [-0.1, -0.05) is 23.7 Å². The molecule has 9 heteroatoms. The lowest BCUT2D eigenvalue weighted by Gasteiger charge is -2.24. The summed E-state index contributed by atoms with van der Waals surface area (Å²) in [6.45, 7) is 1.97. The summed E-state index contributed by atoms with van der Waals surface area (Å²) in [5, 5.41) is 6.59. The Labute approximate surface area is 187 Å². The summed E-state index contributed by atoms with van der Waals surface area (Å²) in [6.07, 6.45) is 2.33. The highest BCUT2D eigenvalue weighted by Gasteiger charge is 2.49. The minimum atomic E-state index is -0.494. The van der Waals surface area contributed by atoms with E-state index in [-0.39, 0.29) is 24.9 Å². The molecule has 0 fully saturated rings. The number of hydrogen-bond donors (Lipinski definition) is 1. The number of imide groups is 1. The molecule has 2 aliphatic rings. The second-order valence-corrected chi connectivity index (χ2v) is 9.42. The molecule has 1 atom stereocenters. The van der Waals surface area contributed by atoms with Gasteiger partial charge < -0.3 is 5.32 Å². The number of halogens is 1. The van der Waals surface area contributed by atoms with Crippen molar-refractivity contribution >= 4 is 63.9 Å². The summed E-state index contributed by atoms with van der Waals surface area (Å²) in [5.41, 5.74) is 2.02. The number of anilines is 1. The third-order valence-electron chi connectivity index (χ3n) is 4.92. The van der Waals surface area contributed by atoms with E-state index in [0.29, 0.717) is 22.8 Å². The van der Waals surface area contributed by atoms with Crippen LogP contribution in [0, 0.1) is 6.92 Å². The molecular formula is C21H19ClN3O3S2+. The van der Waals surface area contributed by atoms with Crippen LogP contribution in [0.15, 0.2) is 47.2 Å². The Balaban J connectivity index is 1.54. The fourth-order valence-corrected chi connectivity index (χ4v) is 5.19. The predicted molar refractivity (Wildman–Crippen MR) is 121 cm³/mol. The van der Waals surface area contributed by atoms with E-state index in [1.807, 2.05) is 30.5 Å². The number of amides is 4. The van der Waals surface area contributed by atoms with Crippen molar-refractivity contribution in [1.82, 2.24) is 4.90 Å². The van der Waals surface area contributed by atoms with Gasteiger partial charge in [0.25, 0.3) is 5.91 Å². The molecule has 1 aromatic heterocycles. The molecule has 6 nitrogen and oxygen atoms in total. The molecule has 30 heavy (non-hydrogen) atoms. The average Bonchev–Trinajstić information content (AvgIpc) is 3.40. The largest absolute Gasteiger partial charge is 0.501 e. The molecule has 0 saturated heterocycles. The lowest BCUT2D eigenvalue weighted by atomic mass is 10.1. The minimum absolute atomic E-state index is 0.176. The van der Waals surface area contributed by atoms with Crippen molar-refractivity contribution in [2.45, 2.75) is 18.6 Å². The molecular weight excluding hydrogens is 442 g/mol. The Morgan fingerprint density at radius 1 is 1.30 bits per heavy atom. The zero-order valence-electron chi connectivity index (χ0n) is 16.1. The number of carbonyl (C=O) groups is 3. The SMILES string of the molecule is Cc1ccc(Cl)cc1NC(=O)C[N+]1=C2C=CSC2C(=O)N(CCc2cccs2)C1=O. The average molecular weight is 461 g/mol. The second-order valence-electron chi connectivity index (χ2n) is 6.94. The fraction of sp³-hybridized carbons (Fsp3) is 0.238. The summed E-state index contributed by atoms with van der Waals surface area (Å²) in [4.78, 5) is 41.1. The number of thioether (sulfide) groups is 1. The highest BCUT2D eigenvalue weighted by atomic mass is 35.5. The van der Waals surface area contributed by atoms with Crippen molar-refractivity contribution in [2.24, 2.45) is 0 Å². The van der Waals surface area contributed by atoms with Crippen LogP contribution in [0.5, 0.6) is 0 Å². The van der Waals surface area contributed by atoms with Gasteiger partial charge in [0.1, 0.15) is 12.3 Å². The molecule has 2 aliphatic heterocycles. The number of fused-ring (bicyclic) bond motifs is 1. The molecule has 4 amide bonds. The summed E-state index contributed by atoms with van der Waals surface area (Å²) < 4.78 is 1.40. The number of benzene rings is 1. The van der Waals surface area contributed by atoms with Crippen LogP contribution < -0.4 is 5.32 Å². The van der Waals surface area contributed by atoms with Gasteiger partial charge in [-0.15, -0.1) is 23.1 Å². The minimum Gasteiger partial charge on any atom is -0.322 e. The molecule has 0 radical (unpaired) electrons. The molecule has 1 unspecified atom stereocenters. The van der Waals surface area contributed by atoms with E-state index in [9.17, 15) is 14.4 Å². The number of nitrogens with zero attached hydrogens (tertiary/aromatic N) is 2. The van der Waals surface area contributed by atoms with Gasteiger partial charge in [0, 0.05) is 22.0 Å². The van der Waals surface area contributed by atoms with Crippen molar-refractivity contribution in [1.29, 1.82) is 0 Å². The van der Waals surface area contributed by atoms with E-state index in [2.05, 4.69) is 5.32 Å². The molecule has 0 spiro atoms. The topological polar surface area (TPSA) is 69.5 Å². The second kappa shape index (κ2) is 8.75. The van der Waals surface area contributed by atoms with E-state index in [1.165, 1.54) is 21.2 Å². The Bertz CT molecular complexity index is 1080. The fourth-order valence-electron chi connectivity index (χ4n) is 3.36. The van der Waals surface area contributed by atoms with E-state index in [0.717, 1.165) is 10.4 Å². The van der Waals surface area contributed by atoms with Crippen LogP contribution in [0.4, 0.5) is 10.5 Å². The first-order valence-electron chi connectivity index (χ1n) is 9.34. The maximum atomic E-state index is 13.1. The molecule has 1 aromatic carbocycles. The first-order valence-corrected chi connectivity index (χ1v) is 11.5. The van der Waals surface area contributed by atoms with Crippen LogP contribution in [0.25, 0.3) is 0 Å². The molecule has 0 bridgehead atoms. The van der Waals surface area contributed by atoms with Crippen LogP contribution in [-0.2, 0) is 16.0 Å². The number of urea groups is 1. The van der Waals surface area contributed by atoms with Crippen LogP contribution in [0.3, 0.4) is 0 Å². The van der Waals surface area contributed by atoms with Crippen molar-refractivity contribution in [3.63, 3.8) is 0 Å². The van der Waals surface area contributed by atoms with Gasteiger partial charge in [-0.3, -0.25) is 4.79 Å². The molecule has 1 N–H and O–H groups in total. The van der Waals surface area contributed by atoms with Crippen LogP contribution in [-0.4, -0.2) is 51.4 Å². The molecule has 154 valence electrons. The third-order valence-corrected chi connectivity index (χ3v) is 7.10. The van der Waals surface area contributed by atoms with E-state index < -0.39 is 11.3 Å². The van der Waals surface area contributed by atoms with Gasteiger partial charge >= 0.3 is 11.9 Å². The number of rotatable bonds is 6. The zero-order chi connectivity index (χ0) is 21.3. The summed E-state index contributed by atoms with van der Waals surface area (Å²) >= 11 is 8.97. The maximum Gasteiger partial charge on any atom is 0.501 e. The lowest BCUT2D eigenvalue weighted by Crippen LogP contribution is -2.56. The van der Waals surface area contributed by atoms with Crippen LogP contribution >= 0.6 is 34.7 Å². The number of carbonyl (C=O) groups excluding carboxylic acids is 3. The van der Waals surface area contributed by atoms with Crippen LogP contribution in [0.2, 0.25) is 5.02 Å². The zero-order valence-corrected chi connectivity index (χ0v) is 18.5. The number of aryl methyl sites for hydroxylation is 1. The third kappa shape index (κ3) is 4.21. The van der Waals surface area contributed by atoms with E-state index >= 15 is 0 Å². The molecule has 4 rings (SSSR count). The van der Waals surface area contributed by atoms with Gasteiger partial charge in [-0.2, -0.15) is 14.3 Å². The Morgan fingerprint density at radius 3 is 2.90 bits per heavy atom. The van der Waals surface area contributed by atoms with Gasteiger partial charge in [-0.25, -0.2) is 4.79 Å². The molecule has 0 aliphatic carbocycles. The Morgan fingerprint density at radius 2 is 2.13 bits per heavy atom. The smallest absolute Gasteiger partial charge is 0.322 e.